The molecule has 120 valence electrons. The minimum atomic E-state index is 0.120. The van der Waals surface area contributed by atoms with Crippen LogP contribution in [0.3, 0.4) is 0 Å². The molecular weight excluding hydrogens is 258 g/mol. The molecule has 0 saturated carbocycles. The average molecular weight is 291 g/mol. The Labute approximate surface area is 130 Å². The monoisotopic (exact) mass is 291 g/mol. The van der Waals surface area contributed by atoms with E-state index in [0.29, 0.717) is 0 Å². The van der Waals surface area contributed by atoms with Crippen molar-refractivity contribution in [1.29, 1.82) is 0 Å². The quantitative estimate of drug-likeness (QED) is 0.591. The lowest BCUT2D eigenvalue weighted by Gasteiger charge is -2.15. The van der Waals surface area contributed by atoms with Crippen molar-refractivity contribution in [3.05, 3.63) is 23.0 Å². The molecule has 1 unspecified atom stereocenters. The van der Waals surface area contributed by atoms with Gasteiger partial charge in [0.2, 0.25) is 0 Å². The van der Waals surface area contributed by atoms with Gasteiger partial charge in [0.25, 0.3) is 0 Å². The average Bonchev–Trinajstić information content (AvgIpc) is 2.49. The van der Waals surface area contributed by atoms with Crippen LogP contribution in [0.25, 0.3) is 0 Å². The first-order valence-corrected chi connectivity index (χ1v) is 8.77. The largest absolute Gasteiger partial charge is 0.324 e. The molecule has 1 atom stereocenters. The normalized spacial score (nSPS) is 12.6. The van der Waals surface area contributed by atoms with Crippen LogP contribution in [0, 0.1) is 6.92 Å². The van der Waals surface area contributed by atoms with Crippen molar-refractivity contribution in [3.63, 3.8) is 0 Å². The third-order valence-corrected chi connectivity index (χ3v) is 4.13. The van der Waals surface area contributed by atoms with Crippen molar-refractivity contribution in [1.82, 2.24) is 10.2 Å². The number of unbranched alkanes of at least 4 members (excludes halogenated alkanes) is 7. The molecule has 0 saturated heterocycles. The summed E-state index contributed by atoms with van der Waals surface area (Å²) in [4.78, 5) is 0. The Hall–Kier alpha value is -0.960. The van der Waals surface area contributed by atoms with Crippen molar-refractivity contribution in [2.24, 2.45) is 5.73 Å². The smallest absolute Gasteiger partial charge is 0.0676 e. The van der Waals surface area contributed by atoms with Crippen LogP contribution >= 0.6 is 0 Å². The van der Waals surface area contributed by atoms with Crippen molar-refractivity contribution in [3.8, 4) is 0 Å². The number of hydrogen-bond acceptors (Lipinski definition) is 3. The summed E-state index contributed by atoms with van der Waals surface area (Å²) in [6, 6.07) is 2.23. The highest BCUT2D eigenvalue weighted by atomic mass is 15.1. The van der Waals surface area contributed by atoms with Gasteiger partial charge in [-0.15, -0.1) is 0 Å². The van der Waals surface area contributed by atoms with Gasteiger partial charge in [0.1, 0.15) is 0 Å². The second kappa shape index (κ2) is 10.7. The standard InChI is InChI=1S/C18H33N3/c1-4-6-7-8-9-10-11-12-13-17(19)16-14-15(3)20-21-18(16)5-2/h14,17H,4-13,19H2,1-3H3. The summed E-state index contributed by atoms with van der Waals surface area (Å²) in [5.74, 6) is 0. The molecule has 1 aromatic rings. The fraction of sp³-hybridized carbons (Fsp3) is 0.778. The molecule has 0 spiro atoms. The van der Waals surface area contributed by atoms with Crippen LogP contribution in [0.15, 0.2) is 6.07 Å². The van der Waals surface area contributed by atoms with Crippen LogP contribution in [0.1, 0.15) is 94.6 Å². The molecule has 21 heavy (non-hydrogen) atoms. The number of nitrogens with zero attached hydrogens (tertiary/aromatic N) is 2. The van der Waals surface area contributed by atoms with Gasteiger partial charge in [-0.2, -0.15) is 10.2 Å². The van der Waals surface area contributed by atoms with Crippen LogP contribution in [-0.4, -0.2) is 10.2 Å². The molecule has 0 aliphatic rings. The minimum absolute atomic E-state index is 0.120. The Morgan fingerprint density at radius 2 is 1.57 bits per heavy atom. The summed E-state index contributed by atoms with van der Waals surface area (Å²) in [6.07, 6.45) is 12.7. The number of aromatic nitrogens is 2. The second-order valence-corrected chi connectivity index (χ2v) is 6.11. The third-order valence-electron chi connectivity index (χ3n) is 4.13. The van der Waals surface area contributed by atoms with E-state index in [1.807, 2.05) is 6.92 Å². The summed E-state index contributed by atoms with van der Waals surface area (Å²) in [5.41, 5.74) is 9.58. The van der Waals surface area contributed by atoms with Crippen molar-refractivity contribution >= 4 is 0 Å². The molecule has 0 aliphatic carbocycles. The second-order valence-electron chi connectivity index (χ2n) is 6.11. The van der Waals surface area contributed by atoms with Gasteiger partial charge in [-0.25, -0.2) is 0 Å². The number of hydrogen-bond donors (Lipinski definition) is 1. The first-order chi connectivity index (χ1) is 10.2. The Balaban J connectivity index is 2.24. The molecule has 0 aliphatic heterocycles. The van der Waals surface area contributed by atoms with Gasteiger partial charge in [-0.05, 0) is 31.4 Å². The van der Waals surface area contributed by atoms with E-state index in [-0.39, 0.29) is 6.04 Å². The van der Waals surface area contributed by atoms with E-state index >= 15 is 0 Å². The molecule has 3 heteroatoms. The number of nitrogens with two attached hydrogens (primary N) is 1. The molecule has 0 radical (unpaired) electrons. The molecule has 1 aromatic heterocycles. The number of rotatable bonds is 11. The van der Waals surface area contributed by atoms with Crippen LogP contribution in [0.5, 0.6) is 0 Å². The fourth-order valence-corrected chi connectivity index (χ4v) is 2.78. The Morgan fingerprint density at radius 3 is 2.19 bits per heavy atom. The van der Waals surface area contributed by atoms with Gasteiger partial charge in [0.15, 0.2) is 0 Å². The van der Waals surface area contributed by atoms with E-state index in [2.05, 4.69) is 30.1 Å². The summed E-state index contributed by atoms with van der Waals surface area (Å²) < 4.78 is 0. The summed E-state index contributed by atoms with van der Waals surface area (Å²) in [7, 11) is 0. The first-order valence-electron chi connectivity index (χ1n) is 8.77. The van der Waals surface area contributed by atoms with Gasteiger partial charge >= 0.3 is 0 Å². The van der Waals surface area contributed by atoms with Gasteiger partial charge in [0, 0.05) is 6.04 Å². The summed E-state index contributed by atoms with van der Waals surface area (Å²) in [6.45, 7) is 6.37. The van der Waals surface area contributed by atoms with Crippen LogP contribution in [0.4, 0.5) is 0 Å². The SMILES string of the molecule is CCCCCCCCCCC(N)c1cc(C)nnc1CC. The molecule has 0 bridgehead atoms. The molecule has 1 rings (SSSR count). The van der Waals surface area contributed by atoms with Crippen molar-refractivity contribution < 1.29 is 0 Å². The van der Waals surface area contributed by atoms with Gasteiger partial charge < -0.3 is 5.73 Å². The van der Waals surface area contributed by atoms with E-state index < -0.39 is 0 Å². The Kier molecular flexibility index (Phi) is 9.24. The molecule has 0 amide bonds. The molecule has 2 N–H and O–H groups in total. The van der Waals surface area contributed by atoms with E-state index in [0.717, 1.165) is 24.2 Å². The van der Waals surface area contributed by atoms with E-state index in [1.54, 1.807) is 0 Å². The zero-order chi connectivity index (χ0) is 15.5. The van der Waals surface area contributed by atoms with Crippen LogP contribution in [-0.2, 0) is 6.42 Å². The Morgan fingerprint density at radius 1 is 0.952 bits per heavy atom. The van der Waals surface area contributed by atoms with Crippen LogP contribution < -0.4 is 5.73 Å². The topological polar surface area (TPSA) is 51.8 Å². The summed E-state index contributed by atoms with van der Waals surface area (Å²) >= 11 is 0. The zero-order valence-electron chi connectivity index (χ0n) is 14.2. The highest BCUT2D eigenvalue weighted by Gasteiger charge is 2.12. The van der Waals surface area contributed by atoms with Crippen LogP contribution in [0.2, 0.25) is 0 Å². The maximum absolute atomic E-state index is 6.35. The highest BCUT2D eigenvalue weighted by Crippen LogP contribution is 2.21. The fourth-order valence-electron chi connectivity index (χ4n) is 2.78. The third kappa shape index (κ3) is 7.03. The van der Waals surface area contributed by atoms with E-state index in [9.17, 15) is 0 Å². The lowest BCUT2D eigenvalue weighted by molar-refractivity contribution is 0.532. The minimum Gasteiger partial charge on any atom is -0.324 e. The molecule has 0 aromatic carbocycles. The maximum atomic E-state index is 6.35. The molecule has 0 fully saturated rings. The van der Waals surface area contributed by atoms with E-state index in [1.165, 1.54) is 56.9 Å². The molecule has 3 nitrogen and oxygen atoms in total. The first kappa shape index (κ1) is 18.1. The predicted molar refractivity (Wildman–Crippen MR) is 90.3 cm³/mol. The van der Waals surface area contributed by atoms with Gasteiger partial charge in [-0.1, -0.05) is 65.2 Å². The maximum Gasteiger partial charge on any atom is 0.0676 e. The lowest BCUT2D eigenvalue weighted by atomic mass is 9.98. The van der Waals surface area contributed by atoms with Crippen molar-refractivity contribution in [2.75, 3.05) is 0 Å². The van der Waals surface area contributed by atoms with Gasteiger partial charge in [0.05, 0.1) is 11.4 Å². The van der Waals surface area contributed by atoms with E-state index in [4.69, 9.17) is 5.73 Å². The Bertz CT molecular complexity index is 390. The number of aryl methyl sites for hydroxylation is 2. The highest BCUT2D eigenvalue weighted by molar-refractivity contribution is 5.24. The van der Waals surface area contributed by atoms with Gasteiger partial charge in [-0.3, -0.25) is 0 Å². The molecule has 1 heterocycles. The molecular formula is C18H33N3. The predicted octanol–water partition coefficient (Wildman–Crippen LogP) is 4.88. The lowest BCUT2D eigenvalue weighted by Crippen LogP contribution is -2.14. The summed E-state index contributed by atoms with van der Waals surface area (Å²) in [5, 5.41) is 8.41. The zero-order valence-corrected chi connectivity index (χ0v) is 14.2. The van der Waals surface area contributed by atoms with Crippen molar-refractivity contribution in [2.45, 2.75) is 91.0 Å².